The van der Waals surface area contributed by atoms with Crippen LogP contribution in [0, 0.1) is 5.82 Å². The minimum atomic E-state index is -0.516. The van der Waals surface area contributed by atoms with Crippen LogP contribution in [0.2, 0.25) is 0 Å². The maximum absolute atomic E-state index is 13.3. The van der Waals surface area contributed by atoms with Crippen LogP contribution >= 0.6 is 0 Å². The molecule has 1 aromatic carbocycles. The Hall–Kier alpha value is -0.930. The smallest absolute Gasteiger partial charge is 0.126 e. The number of hydrogen-bond acceptors (Lipinski definition) is 2. The summed E-state index contributed by atoms with van der Waals surface area (Å²) >= 11 is 0. The Labute approximate surface area is 90.2 Å². The highest BCUT2D eigenvalue weighted by molar-refractivity contribution is 5.19. The van der Waals surface area contributed by atoms with Gasteiger partial charge in [0.2, 0.25) is 0 Å². The molecular weight excluding hydrogens is 193 g/mol. The van der Waals surface area contributed by atoms with Crippen LogP contribution in [0.4, 0.5) is 4.39 Å². The zero-order chi connectivity index (χ0) is 11.3. The van der Waals surface area contributed by atoms with Crippen LogP contribution < -0.4 is 5.73 Å². The number of nitrogens with two attached hydrogens (primary N) is 1. The van der Waals surface area contributed by atoms with Crippen molar-refractivity contribution in [2.75, 3.05) is 13.2 Å². The van der Waals surface area contributed by atoms with Gasteiger partial charge in [-0.15, -0.1) is 0 Å². The molecule has 1 aromatic rings. The zero-order valence-electron chi connectivity index (χ0n) is 9.29. The van der Waals surface area contributed by atoms with Crippen molar-refractivity contribution >= 4 is 0 Å². The molecule has 0 aliphatic rings. The van der Waals surface area contributed by atoms with Gasteiger partial charge in [0, 0.05) is 12.1 Å². The third-order valence-electron chi connectivity index (χ3n) is 2.19. The lowest BCUT2D eigenvalue weighted by molar-refractivity contribution is 0.101. The molecule has 0 bridgehead atoms. The molecule has 1 rings (SSSR count). The van der Waals surface area contributed by atoms with E-state index in [-0.39, 0.29) is 5.82 Å². The van der Waals surface area contributed by atoms with Gasteiger partial charge in [-0.2, -0.15) is 0 Å². The first-order valence-corrected chi connectivity index (χ1v) is 5.15. The van der Waals surface area contributed by atoms with Crippen molar-refractivity contribution in [1.82, 2.24) is 0 Å². The second-order valence-corrected chi connectivity index (χ2v) is 4.06. The Morgan fingerprint density at radius 1 is 1.40 bits per heavy atom. The summed E-state index contributed by atoms with van der Waals surface area (Å²) in [5, 5.41) is 0. The molecule has 0 radical (unpaired) electrons. The largest absolute Gasteiger partial charge is 0.380 e. The quantitative estimate of drug-likeness (QED) is 0.809. The van der Waals surface area contributed by atoms with E-state index in [0.717, 1.165) is 0 Å². The Morgan fingerprint density at radius 2 is 2.07 bits per heavy atom. The third kappa shape index (κ3) is 3.98. The fraction of sp³-hybridized carbons (Fsp3) is 0.500. The lowest BCUT2D eigenvalue weighted by Crippen LogP contribution is -2.43. The number of halogens is 1. The first-order valence-electron chi connectivity index (χ1n) is 5.15. The predicted octanol–water partition coefficient (Wildman–Crippen LogP) is 2.12. The average Bonchev–Trinajstić information content (AvgIpc) is 2.18. The van der Waals surface area contributed by atoms with Crippen molar-refractivity contribution in [3.8, 4) is 0 Å². The van der Waals surface area contributed by atoms with Crippen molar-refractivity contribution in [3.05, 3.63) is 35.6 Å². The summed E-state index contributed by atoms with van der Waals surface area (Å²) < 4.78 is 18.6. The molecule has 0 aliphatic carbocycles. The maximum atomic E-state index is 13.3. The van der Waals surface area contributed by atoms with Gasteiger partial charge in [0.1, 0.15) is 5.82 Å². The number of rotatable bonds is 5. The molecule has 0 spiro atoms. The third-order valence-corrected chi connectivity index (χ3v) is 2.19. The molecule has 84 valence electrons. The van der Waals surface area contributed by atoms with E-state index in [0.29, 0.717) is 25.2 Å². The average molecular weight is 211 g/mol. The fourth-order valence-electron chi connectivity index (χ4n) is 1.46. The lowest BCUT2D eigenvalue weighted by Gasteiger charge is -2.24. The fourth-order valence-corrected chi connectivity index (χ4v) is 1.46. The molecule has 0 saturated carbocycles. The van der Waals surface area contributed by atoms with E-state index in [1.807, 2.05) is 19.9 Å². The molecule has 0 amide bonds. The first-order chi connectivity index (χ1) is 7.05. The van der Waals surface area contributed by atoms with Crippen LogP contribution in [0.3, 0.4) is 0 Å². The zero-order valence-corrected chi connectivity index (χ0v) is 9.29. The lowest BCUT2D eigenvalue weighted by atomic mass is 9.94. The molecule has 0 heterocycles. The van der Waals surface area contributed by atoms with Crippen LogP contribution in [0.1, 0.15) is 19.4 Å². The highest BCUT2D eigenvalue weighted by Gasteiger charge is 2.20. The van der Waals surface area contributed by atoms with E-state index in [4.69, 9.17) is 10.5 Å². The SMILES string of the molecule is CCOCC(C)(N)Cc1ccccc1F. The van der Waals surface area contributed by atoms with Crippen molar-refractivity contribution in [2.45, 2.75) is 25.8 Å². The van der Waals surface area contributed by atoms with E-state index in [2.05, 4.69) is 0 Å². The molecule has 15 heavy (non-hydrogen) atoms. The van der Waals surface area contributed by atoms with Crippen molar-refractivity contribution in [2.24, 2.45) is 5.73 Å². The van der Waals surface area contributed by atoms with Gasteiger partial charge in [0.05, 0.1) is 6.61 Å². The van der Waals surface area contributed by atoms with Gasteiger partial charge in [-0.25, -0.2) is 4.39 Å². The van der Waals surface area contributed by atoms with Gasteiger partial charge >= 0.3 is 0 Å². The minimum absolute atomic E-state index is 0.203. The molecule has 1 atom stereocenters. The second-order valence-electron chi connectivity index (χ2n) is 4.06. The van der Waals surface area contributed by atoms with Crippen molar-refractivity contribution in [1.29, 1.82) is 0 Å². The van der Waals surface area contributed by atoms with Crippen molar-refractivity contribution in [3.63, 3.8) is 0 Å². The highest BCUT2D eigenvalue weighted by Crippen LogP contribution is 2.14. The van der Waals surface area contributed by atoms with E-state index in [1.165, 1.54) is 6.07 Å². The molecule has 2 N–H and O–H groups in total. The summed E-state index contributed by atoms with van der Waals surface area (Å²) in [6.07, 6.45) is 0.486. The van der Waals surface area contributed by atoms with Crippen molar-refractivity contribution < 1.29 is 9.13 Å². The van der Waals surface area contributed by atoms with Gasteiger partial charge in [0.25, 0.3) is 0 Å². The molecule has 3 heteroatoms. The summed E-state index contributed by atoms with van der Waals surface area (Å²) in [7, 11) is 0. The summed E-state index contributed by atoms with van der Waals surface area (Å²) in [5.74, 6) is -0.203. The molecule has 0 aromatic heterocycles. The highest BCUT2D eigenvalue weighted by atomic mass is 19.1. The topological polar surface area (TPSA) is 35.2 Å². The van der Waals surface area contributed by atoms with E-state index in [9.17, 15) is 4.39 Å². The molecule has 2 nitrogen and oxygen atoms in total. The molecular formula is C12H18FNO. The van der Waals surface area contributed by atoms with Crippen LogP contribution in [0.5, 0.6) is 0 Å². The van der Waals surface area contributed by atoms with Gasteiger partial charge in [0.15, 0.2) is 0 Å². The Balaban J connectivity index is 2.64. The van der Waals surface area contributed by atoms with Crippen LogP contribution in [0.25, 0.3) is 0 Å². The molecule has 0 saturated heterocycles. The van der Waals surface area contributed by atoms with Gasteiger partial charge in [-0.3, -0.25) is 0 Å². The van der Waals surface area contributed by atoms with Gasteiger partial charge in [-0.1, -0.05) is 18.2 Å². The standard InChI is InChI=1S/C12H18FNO/c1-3-15-9-12(2,14)8-10-6-4-5-7-11(10)13/h4-7H,3,8-9,14H2,1-2H3. The number of hydrogen-bond donors (Lipinski definition) is 1. The molecule has 0 fully saturated rings. The first kappa shape index (κ1) is 12.1. The molecule has 0 aliphatic heterocycles. The summed E-state index contributed by atoms with van der Waals surface area (Å²) in [5.41, 5.74) is 6.14. The normalized spacial score (nSPS) is 14.9. The summed E-state index contributed by atoms with van der Waals surface area (Å²) in [6.45, 7) is 4.86. The van der Waals surface area contributed by atoms with Gasteiger partial charge in [-0.05, 0) is 31.9 Å². The van der Waals surface area contributed by atoms with E-state index in [1.54, 1.807) is 12.1 Å². The van der Waals surface area contributed by atoms with Crippen LogP contribution in [-0.2, 0) is 11.2 Å². The second kappa shape index (κ2) is 5.24. The Morgan fingerprint density at radius 3 is 2.67 bits per heavy atom. The Bertz CT molecular complexity index is 312. The van der Waals surface area contributed by atoms with Crippen LogP contribution in [-0.4, -0.2) is 18.8 Å². The number of ether oxygens (including phenoxy) is 1. The maximum Gasteiger partial charge on any atom is 0.126 e. The molecule has 1 unspecified atom stereocenters. The summed E-state index contributed by atoms with van der Waals surface area (Å²) in [6, 6.07) is 6.70. The van der Waals surface area contributed by atoms with E-state index < -0.39 is 5.54 Å². The number of benzene rings is 1. The van der Waals surface area contributed by atoms with E-state index >= 15 is 0 Å². The summed E-state index contributed by atoms with van der Waals surface area (Å²) in [4.78, 5) is 0. The van der Waals surface area contributed by atoms with Gasteiger partial charge < -0.3 is 10.5 Å². The monoisotopic (exact) mass is 211 g/mol. The van der Waals surface area contributed by atoms with Crippen LogP contribution in [0.15, 0.2) is 24.3 Å². The predicted molar refractivity (Wildman–Crippen MR) is 59.2 cm³/mol. The Kier molecular flexibility index (Phi) is 4.24. The minimum Gasteiger partial charge on any atom is -0.380 e.